The van der Waals surface area contributed by atoms with E-state index in [1.54, 1.807) is 85.1 Å². The number of fused-ring (bicyclic) bond motifs is 1. The Morgan fingerprint density at radius 2 is 1.31 bits per heavy atom. The molecular weight excluding hydrogens is 671 g/mol. The van der Waals surface area contributed by atoms with Crippen LogP contribution >= 0.6 is 0 Å². The first kappa shape index (κ1) is 24.2. The third-order valence-corrected chi connectivity index (χ3v) is 9.97. The molecule has 2 aromatic heterocycles. The zero-order chi connectivity index (χ0) is 48.5. The number of aromatic hydroxyl groups is 1. The van der Waals surface area contributed by atoms with Gasteiger partial charge in [0.2, 0.25) is 0 Å². The molecule has 0 atom stereocenters. The molecule has 6 aromatic carbocycles. The summed E-state index contributed by atoms with van der Waals surface area (Å²) in [6.07, 6.45) is 1.72. The van der Waals surface area contributed by atoms with E-state index in [4.69, 9.17) is 26.4 Å². The number of nitrogens with zero attached hydrogens (tertiary/aromatic N) is 3. The Labute approximate surface area is 341 Å². The molecule has 0 spiro atoms. The summed E-state index contributed by atoms with van der Waals surface area (Å²) < 4.78 is 102. The first-order valence-electron chi connectivity index (χ1n) is 24.0. The van der Waals surface area contributed by atoms with Crippen molar-refractivity contribution in [3.63, 3.8) is 0 Å². The van der Waals surface area contributed by atoms with E-state index in [0.29, 0.717) is 44.9 Å². The maximum absolute atomic E-state index is 11.4. The fraction of sp³-hybridized carbons (Fsp3) is 0.176. The number of hydrogen-bond acceptors (Lipinski definition) is 3. The third kappa shape index (κ3) is 6.97. The molecule has 0 saturated carbocycles. The fourth-order valence-corrected chi connectivity index (χ4v) is 7.03. The summed E-state index contributed by atoms with van der Waals surface area (Å²) in [5.74, 6) is 0.242. The summed E-state index contributed by atoms with van der Waals surface area (Å²) in [5.41, 5.74) is 4.81. The van der Waals surface area contributed by atoms with Crippen LogP contribution in [0.1, 0.15) is 74.5 Å². The van der Waals surface area contributed by atoms with Crippen molar-refractivity contribution in [1.29, 1.82) is 0 Å². The quantitative estimate of drug-likeness (QED) is 0.185. The molecule has 0 aliphatic heterocycles. The van der Waals surface area contributed by atoms with Crippen LogP contribution in [0.4, 0.5) is 0 Å². The third-order valence-electron chi connectivity index (χ3n) is 9.97. The normalized spacial score (nSPS) is 16.1. The van der Waals surface area contributed by atoms with Gasteiger partial charge >= 0.3 is 0 Å². The summed E-state index contributed by atoms with van der Waals surface area (Å²) in [7, 11) is 0. The Morgan fingerprint density at radius 3 is 2.05 bits per heavy atom. The lowest BCUT2D eigenvalue weighted by Gasteiger charge is -2.23. The van der Waals surface area contributed by atoms with Gasteiger partial charge in [0.25, 0.3) is 0 Å². The first-order valence-corrected chi connectivity index (χ1v) is 18.0. The van der Waals surface area contributed by atoms with Crippen molar-refractivity contribution in [3.05, 3.63) is 168 Å². The number of pyridine rings is 1. The van der Waals surface area contributed by atoms with Crippen LogP contribution in [0.3, 0.4) is 0 Å². The molecule has 0 saturated heterocycles. The predicted octanol–water partition coefficient (Wildman–Crippen LogP) is 13.4. The van der Waals surface area contributed by atoms with E-state index in [9.17, 15) is 5.11 Å². The van der Waals surface area contributed by atoms with Gasteiger partial charge < -0.3 is 5.11 Å². The van der Waals surface area contributed by atoms with Crippen LogP contribution in [-0.2, 0) is 10.8 Å². The number of aromatic nitrogens is 3. The molecule has 8 aromatic rings. The molecule has 8 rings (SSSR count). The van der Waals surface area contributed by atoms with Crippen LogP contribution in [0.2, 0.25) is 0 Å². The molecule has 0 amide bonds. The van der Waals surface area contributed by atoms with Gasteiger partial charge in [0.05, 0.1) is 28.0 Å². The van der Waals surface area contributed by atoms with Gasteiger partial charge in [-0.05, 0) is 106 Å². The largest absolute Gasteiger partial charge is 0.507 e. The van der Waals surface area contributed by atoms with E-state index in [0.717, 1.165) is 33.4 Å². The molecule has 0 aliphatic rings. The highest BCUT2D eigenvalue weighted by molar-refractivity contribution is 5.97. The zero-order valence-electron chi connectivity index (χ0n) is 42.7. The van der Waals surface area contributed by atoms with E-state index in [1.807, 2.05) is 41.0 Å². The lowest BCUT2D eigenvalue weighted by atomic mass is 9.83. The van der Waals surface area contributed by atoms with E-state index >= 15 is 0 Å². The number of aryl methyl sites for hydroxylation is 1. The molecular formula is C51H47N3O. The first-order chi connectivity index (χ1) is 31.3. The van der Waals surface area contributed by atoms with Crippen molar-refractivity contribution in [3.8, 4) is 67.5 Å². The average molecular weight is 730 g/mol. The molecule has 1 N–H and O–H groups in total. The SMILES string of the molecule is [2H]C([2H])([2H])c1ccc(-c2ccnc(-c3cc(-c4cccc5c4nc(-c4ccccc4O)n5-c4ccc(C(C([2H])([2H])[2H])(C([2H])([2H])[2H])C([2H])([2H])[2H])cc4-c4ccccc4)cc(C(C)(C)C)c3)c2)cc1. The summed E-state index contributed by atoms with van der Waals surface area (Å²) in [6.45, 7) is -6.33. The molecule has 2 heterocycles. The molecule has 0 fully saturated rings. The lowest BCUT2D eigenvalue weighted by Crippen LogP contribution is -2.12. The van der Waals surface area contributed by atoms with Crippen molar-refractivity contribution in [2.45, 2.75) is 59.0 Å². The summed E-state index contributed by atoms with van der Waals surface area (Å²) in [5, 5.41) is 11.4. The molecule has 0 aliphatic carbocycles. The number of hydrogen-bond donors (Lipinski definition) is 1. The highest BCUT2D eigenvalue weighted by Crippen LogP contribution is 2.42. The Morgan fingerprint density at radius 1 is 0.564 bits per heavy atom. The van der Waals surface area contributed by atoms with Crippen LogP contribution in [0.25, 0.3) is 72.7 Å². The molecule has 0 bridgehead atoms. The monoisotopic (exact) mass is 729 g/mol. The van der Waals surface area contributed by atoms with E-state index in [-0.39, 0.29) is 16.7 Å². The predicted molar refractivity (Wildman–Crippen MR) is 230 cm³/mol. The van der Waals surface area contributed by atoms with Crippen LogP contribution in [0.15, 0.2) is 152 Å². The molecule has 0 radical (unpaired) electrons. The Kier molecular flexibility index (Phi) is 6.10. The van der Waals surface area contributed by atoms with Crippen LogP contribution in [-0.4, -0.2) is 19.6 Å². The van der Waals surface area contributed by atoms with Gasteiger partial charge in [0, 0.05) is 39.3 Å². The summed E-state index contributed by atoms with van der Waals surface area (Å²) in [4.78, 5) is 10.1. The second-order valence-corrected chi connectivity index (χ2v) is 14.9. The van der Waals surface area contributed by atoms with E-state index in [2.05, 4.69) is 32.9 Å². The summed E-state index contributed by atoms with van der Waals surface area (Å²) >= 11 is 0. The zero-order valence-corrected chi connectivity index (χ0v) is 30.7. The Bertz CT molecular complexity index is 3090. The number of phenolic OH excluding ortho intramolecular Hbond substituents is 1. The van der Waals surface area contributed by atoms with Gasteiger partial charge in [0.15, 0.2) is 0 Å². The summed E-state index contributed by atoms with van der Waals surface area (Å²) in [6, 6.07) is 42.3. The number of phenols is 1. The van der Waals surface area contributed by atoms with Crippen LogP contribution < -0.4 is 0 Å². The smallest absolute Gasteiger partial charge is 0.149 e. The number of imidazole rings is 1. The topological polar surface area (TPSA) is 50.9 Å². The molecule has 55 heavy (non-hydrogen) atoms. The number of benzene rings is 6. The fourth-order valence-electron chi connectivity index (χ4n) is 7.03. The van der Waals surface area contributed by atoms with Crippen LogP contribution in [0, 0.1) is 6.85 Å². The minimum Gasteiger partial charge on any atom is -0.507 e. The second-order valence-electron chi connectivity index (χ2n) is 14.9. The second kappa shape index (κ2) is 13.9. The van der Waals surface area contributed by atoms with Gasteiger partial charge in [0.1, 0.15) is 11.6 Å². The van der Waals surface area contributed by atoms with Gasteiger partial charge in [-0.25, -0.2) is 4.98 Å². The lowest BCUT2D eigenvalue weighted by molar-refractivity contribution is 0.477. The van der Waals surface area contributed by atoms with E-state index in [1.165, 1.54) is 18.2 Å². The highest BCUT2D eigenvalue weighted by Gasteiger charge is 2.25. The standard InChI is InChI=1S/C51H47N3O/c1-33-20-22-34(23-21-33)36-26-27-52-44(31-36)38-28-37(29-40(30-38)51(5,6)7)41-17-13-18-46-48(41)53-49(42-16-11-12-19-47(42)55)54(46)45-25-24-39(50(2,3)4)32-43(45)35-14-9-8-10-15-35/h8-32,55H,1-7H3/i1D3,2D3,3D3,4D3. The van der Waals surface area contributed by atoms with E-state index < -0.39 is 38.4 Å². The minimum absolute atomic E-state index is 0.0688. The Balaban J connectivity index is 1.40. The minimum atomic E-state index is -3.49. The average Bonchev–Trinajstić information content (AvgIpc) is 3.64. The van der Waals surface area contributed by atoms with Crippen molar-refractivity contribution >= 4 is 11.0 Å². The molecule has 4 heteroatoms. The van der Waals surface area contributed by atoms with Gasteiger partial charge in [-0.3, -0.25) is 9.55 Å². The van der Waals surface area contributed by atoms with Crippen LogP contribution in [0.5, 0.6) is 5.75 Å². The molecule has 272 valence electrons. The molecule has 4 nitrogen and oxygen atoms in total. The van der Waals surface area contributed by atoms with Crippen molar-refractivity contribution in [1.82, 2.24) is 14.5 Å². The van der Waals surface area contributed by atoms with Crippen molar-refractivity contribution in [2.75, 3.05) is 0 Å². The number of rotatable bonds is 6. The van der Waals surface area contributed by atoms with Gasteiger partial charge in [-0.15, -0.1) is 0 Å². The Hall–Kier alpha value is -6.26. The maximum atomic E-state index is 11.4. The van der Waals surface area contributed by atoms with Crippen molar-refractivity contribution in [2.24, 2.45) is 0 Å². The van der Waals surface area contributed by atoms with Gasteiger partial charge in [-0.2, -0.15) is 0 Å². The van der Waals surface area contributed by atoms with Gasteiger partial charge in [-0.1, -0.05) is 138 Å². The number of para-hydroxylation sites is 2. The van der Waals surface area contributed by atoms with Crippen molar-refractivity contribution < 1.29 is 21.6 Å². The maximum Gasteiger partial charge on any atom is 0.149 e. The molecule has 0 unspecified atom stereocenters. The highest BCUT2D eigenvalue weighted by atomic mass is 16.3.